The van der Waals surface area contributed by atoms with Gasteiger partial charge in [-0.15, -0.1) is 22.1 Å². The Morgan fingerprint density at radius 1 is 0.308 bits per heavy atom. The summed E-state index contributed by atoms with van der Waals surface area (Å²) in [7, 11) is -16.1. The molecule has 8 bridgehead atoms. The molecule has 7 aromatic rings. The van der Waals surface area contributed by atoms with Crippen LogP contribution in [0.3, 0.4) is 0 Å². The minimum Gasteiger partial charge on any atom is -0.657 e. The normalized spacial score (nSPS) is 12.9. The van der Waals surface area contributed by atoms with Crippen LogP contribution in [0.25, 0.3) is 90.9 Å². The predicted molar refractivity (Wildman–Crippen MR) is 244 cm³/mol. The van der Waals surface area contributed by atoms with Gasteiger partial charge in [0.15, 0.2) is 0 Å². The van der Waals surface area contributed by atoms with Gasteiger partial charge in [0.05, 0.1) is 42.4 Å². The van der Waals surface area contributed by atoms with E-state index in [1.807, 2.05) is 0 Å². The molecular weight excluding hydrogens is 955 g/mol. The summed E-state index contributed by atoms with van der Waals surface area (Å²) in [4.78, 5) is 19.9. The minimum atomic E-state index is -4.04. The summed E-state index contributed by atoms with van der Waals surface area (Å²) in [5.41, 5.74) is 7.58. The van der Waals surface area contributed by atoms with Gasteiger partial charge in [-0.25, -0.2) is 64.2 Å². The fourth-order valence-electron chi connectivity index (χ4n) is 7.52. The zero-order chi connectivity index (χ0) is 45.3. The largest absolute Gasteiger partial charge is 2.00 e. The summed E-state index contributed by atoms with van der Waals surface area (Å²) in [6, 6.07) is 30.8. The Bertz CT molecular complexity index is 3620. The maximum atomic E-state index is 12.3. The molecule has 4 aromatic carbocycles. The summed E-state index contributed by atoms with van der Waals surface area (Å²) < 4.78 is 98.0. The van der Waals surface area contributed by atoms with Gasteiger partial charge < -0.3 is 9.97 Å². The van der Waals surface area contributed by atoms with E-state index in [-0.39, 0.29) is 36.1 Å². The van der Waals surface area contributed by atoms with Crippen LogP contribution >= 0.6 is 0 Å². The molecule has 0 spiro atoms. The number of hydrogen-bond acceptors (Lipinski definition) is 10. The quantitative estimate of drug-likeness (QED) is 0.143. The zero-order valence-electron chi connectivity index (χ0n) is 33.2. The van der Waals surface area contributed by atoms with Crippen molar-refractivity contribution in [3.8, 4) is 44.5 Å². The first-order valence-electron chi connectivity index (χ1n) is 18.8. The van der Waals surface area contributed by atoms with Crippen LogP contribution < -0.4 is 30.5 Å². The first-order valence-corrected chi connectivity index (χ1v) is 25.0. The molecular formula is C44H32N8NiO8S4. The van der Waals surface area contributed by atoms with Crippen LogP contribution in [0, 0.1) is 0 Å². The number of aromatic nitrogens is 4. The third-order valence-corrected chi connectivity index (χ3v) is 14.2. The first kappa shape index (κ1) is 45.2. The Morgan fingerprint density at radius 2 is 0.523 bits per heavy atom. The van der Waals surface area contributed by atoms with E-state index in [0.717, 1.165) is 0 Å². The van der Waals surface area contributed by atoms with E-state index in [1.54, 1.807) is 97.1 Å². The molecule has 3 aromatic heterocycles. The number of hydrogen-bond donors (Lipinski definition) is 4. The zero-order valence-corrected chi connectivity index (χ0v) is 37.4. The molecule has 65 heavy (non-hydrogen) atoms. The topological polar surface area (TPSA) is 295 Å². The van der Waals surface area contributed by atoms with E-state index < -0.39 is 40.1 Å². The summed E-state index contributed by atoms with van der Waals surface area (Å²) in [5, 5.41) is 21.8. The van der Waals surface area contributed by atoms with Crippen molar-refractivity contribution in [2.45, 2.75) is 19.6 Å². The molecule has 330 valence electrons. The van der Waals surface area contributed by atoms with Crippen molar-refractivity contribution in [2.24, 2.45) is 20.6 Å². The van der Waals surface area contributed by atoms with E-state index in [1.165, 1.54) is 48.5 Å². The maximum absolute atomic E-state index is 12.3. The SMILES string of the molecule is NS(=O)(=O)c1ccc(-c2c3nc(c(-c4ccc(S(N)(=O)=O)cc4)c4ccc([n-]4)c(-c4ccc(S(N)(=O)=O)cc4)c4ccc([n-]4)c(-c4ccc(S(N)(=O)=O)cc4)c4nc2C=C4)C=C3)cc1.[Ni+2]. The second-order valence-corrected chi connectivity index (χ2v) is 20.9. The molecule has 2 aliphatic heterocycles. The van der Waals surface area contributed by atoms with Crippen molar-refractivity contribution in [1.29, 1.82) is 0 Å². The number of fused-ring (bicyclic) bond motifs is 8. The molecule has 0 aliphatic carbocycles. The van der Waals surface area contributed by atoms with E-state index in [4.69, 9.17) is 40.5 Å². The van der Waals surface area contributed by atoms with Gasteiger partial charge in [0.1, 0.15) is 0 Å². The molecule has 0 saturated carbocycles. The van der Waals surface area contributed by atoms with E-state index >= 15 is 0 Å². The van der Waals surface area contributed by atoms with Crippen molar-refractivity contribution in [3.05, 3.63) is 144 Å². The molecule has 0 fully saturated rings. The van der Waals surface area contributed by atoms with Crippen molar-refractivity contribution in [3.63, 3.8) is 0 Å². The third kappa shape index (κ3) is 8.89. The summed E-state index contributed by atoms with van der Waals surface area (Å²) >= 11 is 0. The Kier molecular flexibility index (Phi) is 11.5. The second kappa shape index (κ2) is 16.6. The monoisotopic (exact) mass is 986 g/mol. The van der Waals surface area contributed by atoms with Crippen LogP contribution in [0.4, 0.5) is 0 Å². The Hall–Kier alpha value is -6.39. The molecule has 21 heteroatoms. The molecule has 0 saturated heterocycles. The van der Waals surface area contributed by atoms with Crippen LogP contribution in [0.15, 0.2) is 141 Å². The third-order valence-electron chi connectivity index (χ3n) is 10.5. The molecule has 8 N–H and O–H groups in total. The molecule has 0 atom stereocenters. The van der Waals surface area contributed by atoms with Gasteiger partial charge in [-0.3, -0.25) is 0 Å². The molecule has 9 rings (SSSR count). The van der Waals surface area contributed by atoms with Crippen molar-refractivity contribution < 1.29 is 50.2 Å². The molecule has 5 heterocycles. The van der Waals surface area contributed by atoms with Gasteiger partial charge in [0.25, 0.3) is 0 Å². The number of nitrogens with two attached hydrogens (primary N) is 4. The Balaban J connectivity index is 0.00000576. The van der Waals surface area contributed by atoms with Crippen LogP contribution in [0.5, 0.6) is 0 Å². The van der Waals surface area contributed by atoms with Crippen molar-refractivity contribution in [2.75, 3.05) is 0 Å². The maximum Gasteiger partial charge on any atom is 2.00 e. The fourth-order valence-corrected chi connectivity index (χ4v) is 9.58. The fraction of sp³-hybridized carbons (Fsp3) is 0. The number of sulfonamides is 4. The van der Waals surface area contributed by atoms with Gasteiger partial charge in [-0.2, -0.15) is 0 Å². The second-order valence-electron chi connectivity index (χ2n) is 14.6. The van der Waals surface area contributed by atoms with Gasteiger partial charge >= 0.3 is 16.5 Å². The van der Waals surface area contributed by atoms with E-state index in [0.29, 0.717) is 89.4 Å². The number of primary sulfonamides is 4. The summed E-state index contributed by atoms with van der Waals surface area (Å²) in [6.07, 6.45) is 7.05. The van der Waals surface area contributed by atoms with E-state index in [9.17, 15) is 33.7 Å². The van der Waals surface area contributed by atoms with Crippen LogP contribution in [-0.2, 0) is 56.6 Å². The molecule has 0 unspecified atom stereocenters. The average molecular weight is 988 g/mol. The minimum absolute atomic E-state index is 0. The number of rotatable bonds is 8. The number of benzene rings is 4. The van der Waals surface area contributed by atoms with Gasteiger partial charge in [0.2, 0.25) is 40.1 Å². The standard InChI is InChI=1S/C44H32N8O8S4.Ni/c45-61(53,54)29-9-1-25(2-10-29)41-33-17-19-35(49-33)42(26-3-11-30(12-4-26)62(46,55)56)37-21-23-39(51-37)44(28-7-15-32(16-8-28)64(48,59)60)40-24-22-38(52-40)43(36-20-18-34(41)50-36)27-5-13-31(14-6-27)63(47,57)58;/h1-24H,(H2,45,53,54)(H2,46,55,56)(H2,47,57,58)(H2,48,59,60);/q-2;+2. The molecule has 16 nitrogen and oxygen atoms in total. The Labute approximate surface area is 382 Å². The predicted octanol–water partition coefficient (Wildman–Crippen LogP) is 5.17. The van der Waals surface area contributed by atoms with Gasteiger partial charge in [-0.1, -0.05) is 72.8 Å². The van der Waals surface area contributed by atoms with Crippen LogP contribution in [0.1, 0.15) is 22.8 Å². The molecule has 0 amide bonds. The van der Waals surface area contributed by atoms with Gasteiger partial charge in [-0.05, 0) is 112 Å². The van der Waals surface area contributed by atoms with Crippen molar-refractivity contribution >= 4 is 86.5 Å². The molecule has 0 radical (unpaired) electrons. The summed E-state index contributed by atoms with van der Waals surface area (Å²) in [6.45, 7) is 0. The van der Waals surface area contributed by atoms with Crippen LogP contribution in [0.2, 0.25) is 0 Å². The van der Waals surface area contributed by atoms with Gasteiger partial charge in [0, 0.05) is 5.56 Å². The average Bonchev–Trinajstić information content (AvgIpc) is 4.08. The van der Waals surface area contributed by atoms with Crippen LogP contribution in [-0.4, -0.2) is 43.6 Å². The van der Waals surface area contributed by atoms with Crippen molar-refractivity contribution in [1.82, 2.24) is 19.9 Å². The summed E-state index contributed by atoms with van der Waals surface area (Å²) in [5.74, 6) is 0. The first-order chi connectivity index (χ1) is 30.2. The smallest absolute Gasteiger partial charge is 0.657 e. The van der Waals surface area contributed by atoms with E-state index in [2.05, 4.69) is 0 Å². The molecule has 2 aliphatic rings. The Morgan fingerprint density at radius 3 is 0.785 bits per heavy atom. The number of nitrogens with zero attached hydrogens (tertiary/aromatic N) is 4.